The van der Waals surface area contributed by atoms with Gasteiger partial charge in [0.2, 0.25) is 0 Å². The van der Waals surface area contributed by atoms with Crippen molar-refractivity contribution in [2.24, 2.45) is 0 Å². The van der Waals surface area contributed by atoms with Crippen LogP contribution in [0.2, 0.25) is 0 Å². The minimum absolute atomic E-state index is 0.558. The molecule has 2 nitrogen and oxygen atoms in total. The molecule has 0 unspecified atom stereocenters. The van der Waals surface area contributed by atoms with Crippen molar-refractivity contribution in [3.8, 4) is 5.75 Å². The van der Waals surface area contributed by atoms with Gasteiger partial charge >= 0.3 is 0 Å². The molecule has 106 valence electrons. The molecule has 0 aliphatic heterocycles. The van der Waals surface area contributed by atoms with Gasteiger partial charge in [0, 0.05) is 16.5 Å². The third-order valence-corrected chi connectivity index (χ3v) is 3.85. The van der Waals surface area contributed by atoms with Crippen molar-refractivity contribution >= 4 is 15.9 Å². The lowest BCUT2D eigenvalue weighted by Gasteiger charge is -2.11. The number of benzene rings is 2. The molecule has 0 saturated heterocycles. The number of hydrogen-bond donors (Lipinski definition) is 1. The molecule has 2 N–H and O–H groups in total. The van der Waals surface area contributed by atoms with Crippen molar-refractivity contribution in [2.45, 2.75) is 25.9 Å². The molecule has 1 atom stereocenters. The molecule has 0 aromatic heterocycles. The Bertz CT molecular complexity index is 539. The van der Waals surface area contributed by atoms with Gasteiger partial charge in [-0.1, -0.05) is 40.2 Å². The van der Waals surface area contributed by atoms with Gasteiger partial charge in [0.05, 0.1) is 13.2 Å². The zero-order chi connectivity index (χ0) is 14.4. The number of rotatable bonds is 6. The van der Waals surface area contributed by atoms with E-state index in [0.29, 0.717) is 6.04 Å². The van der Waals surface area contributed by atoms with Crippen molar-refractivity contribution in [2.75, 3.05) is 7.11 Å². The summed E-state index contributed by atoms with van der Waals surface area (Å²) in [6.07, 6.45) is 1.07. The molecule has 2 aromatic rings. The second kappa shape index (κ2) is 7.46. The molecule has 0 fully saturated rings. The number of nitrogens with two attached hydrogens (primary N) is 1. The van der Waals surface area contributed by atoms with Gasteiger partial charge in [0.1, 0.15) is 12.3 Å². The van der Waals surface area contributed by atoms with E-state index in [2.05, 4.69) is 64.6 Å². The van der Waals surface area contributed by atoms with Crippen molar-refractivity contribution in [3.05, 3.63) is 64.1 Å². The molecule has 3 heteroatoms. The number of hydrogen-bond acceptors (Lipinski definition) is 1. The van der Waals surface area contributed by atoms with Gasteiger partial charge in [-0.25, -0.2) is 0 Å². The Morgan fingerprint density at radius 1 is 1.10 bits per heavy atom. The minimum Gasteiger partial charge on any atom is -0.497 e. The highest BCUT2D eigenvalue weighted by Crippen LogP contribution is 2.12. The highest BCUT2D eigenvalue weighted by Gasteiger charge is 2.07. The summed E-state index contributed by atoms with van der Waals surface area (Å²) >= 11 is 3.51. The maximum Gasteiger partial charge on any atom is 0.118 e. The van der Waals surface area contributed by atoms with Gasteiger partial charge in [-0.05, 0) is 36.8 Å². The molecular weight excluding hydrogens is 314 g/mol. The van der Waals surface area contributed by atoms with Crippen LogP contribution in [0.25, 0.3) is 0 Å². The van der Waals surface area contributed by atoms with E-state index < -0.39 is 0 Å². The summed E-state index contributed by atoms with van der Waals surface area (Å²) in [5, 5.41) is 2.38. The van der Waals surface area contributed by atoms with Gasteiger partial charge < -0.3 is 10.1 Å². The van der Waals surface area contributed by atoms with E-state index >= 15 is 0 Å². The summed E-state index contributed by atoms with van der Waals surface area (Å²) in [4.78, 5) is 0. The smallest absolute Gasteiger partial charge is 0.118 e. The molecular formula is C17H21BrNO+. The average molecular weight is 335 g/mol. The largest absolute Gasteiger partial charge is 0.497 e. The fraction of sp³-hybridized carbons (Fsp3) is 0.294. The lowest BCUT2D eigenvalue weighted by Crippen LogP contribution is -2.88. The topological polar surface area (TPSA) is 25.8 Å². The standard InChI is InChI=1S/C17H20BrNO/c1-13(10-14-6-8-17(20-2)9-7-14)19-12-15-4-3-5-16(18)11-15/h3-9,11,13,19H,10,12H2,1-2H3/p+1/t13-/m0/s1. The van der Waals surface area contributed by atoms with E-state index in [0.717, 1.165) is 23.2 Å². The summed E-state index contributed by atoms with van der Waals surface area (Å²) in [5.74, 6) is 0.916. The van der Waals surface area contributed by atoms with Crippen LogP contribution in [-0.4, -0.2) is 13.2 Å². The van der Waals surface area contributed by atoms with Crippen molar-refractivity contribution in [1.29, 1.82) is 0 Å². The maximum atomic E-state index is 5.18. The quantitative estimate of drug-likeness (QED) is 0.862. The number of methoxy groups -OCH3 is 1. The summed E-state index contributed by atoms with van der Waals surface area (Å²) in [7, 11) is 1.70. The molecule has 2 aromatic carbocycles. The third-order valence-electron chi connectivity index (χ3n) is 3.36. The van der Waals surface area contributed by atoms with Crippen molar-refractivity contribution in [1.82, 2.24) is 0 Å². The maximum absolute atomic E-state index is 5.18. The SMILES string of the molecule is COc1ccc(C[C@H](C)[NH2+]Cc2cccc(Br)c2)cc1. The highest BCUT2D eigenvalue weighted by atomic mass is 79.9. The van der Waals surface area contributed by atoms with Gasteiger partial charge in [-0.15, -0.1) is 0 Å². The van der Waals surface area contributed by atoms with Gasteiger partial charge in [-0.2, -0.15) is 0 Å². The van der Waals surface area contributed by atoms with Crippen molar-refractivity contribution < 1.29 is 10.1 Å². The normalized spacial score (nSPS) is 12.2. The first kappa shape index (κ1) is 15.1. The molecule has 0 bridgehead atoms. The van der Waals surface area contributed by atoms with E-state index in [1.807, 2.05) is 12.1 Å². The lowest BCUT2D eigenvalue weighted by atomic mass is 10.1. The fourth-order valence-corrected chi connectivity index (χ4v) is 2.66. The highest BCUT2D eigenvalue weighted by molar-refractivity contribution is 9.10. The summed E-state index contributed by atoms with van der Waals surface area (Å²) in [6, 6.07) is 17.4. The first-order chi connectivity index (χ1) is 9.67. The van der Waals surface area contributed by atoms with Crippen LogP contribution in [-0.2, 0) is 13.0 Å². The van der Waals surface area contributed by atoms with Crippen LogP contribution in [0, 0.1) is 0 Å². The first-order valence-electron chi connectivity index (χ1n) is 6.88. The Kier molecular flexibility index (Phi) is 5.62. The van der Waals surface area contributed by atoms with E-state index in [1.165, 1.54) is 11.1 Å². The predicted molar refractivity (Wildman–Crippen MR) is 85.9 cm³/mol. The second-order valence-corrected chi connectivity index (χ2v) is 6.01. The first-order valence-corrected chi connectivity index (χ1v) is 7.67. The van der Waals surface area contributed by atoms with Gasteiger partial charge in [0.15, 0.2) is 0 Å². The fourth-order valence-electron chi connectivity index (χ4n) is 2.22. The van der Waals surface area contributed by atoms with E-state index in [1.54, 1.807) is 7.11 Å². The van der Waals surface area contributed by atoms with Crippen LogP contribution >= 0.6 is 15.9 Å². The van der Waals surface area contributed by atoms with Crippen molar-refractivity contribution in [3.63, 3.8) is 0 Å². The molecule has 0 spiro atoms. The molecule has 0 amide bonds. The van der Waals surface area contributed by atoms with Crippen LogP contribution in [0.15, 0.2) is 53.0 Å². The monoisotopic (exact) mass is 334 g/mol. The summed E-state index contributed by atoms with van der Waals surface area (Å²) < 4.78 is 6.32. The minimum atomic E-state index is 0.558. The zero-order valence-electron chi connectivity index (χ0n) is 12.0. The van der Waals surface area contributed by atoms with Crippen LogP contribution < -0.4 is 10.1 Å². The zero-order valence-corrected chi connectivity index (χ0v) is 13.6. The molecule has 0 saturated carbocycles. The molecule has 0 aliphatic rings. The summed E-state index contributed by atoms with van der Waals surface area (Å²) in [6.45, 7) is 3.28. The third kappa shape index (κ3) is 4.66. The molecule has 2 rings (SSSR count). The molecule has 0 heterocycles. The molecule has 20 heavy (non-hydrogen) atoms. The number of halogens is 1. The predicted octanol–water partition coefficient (Wildman–Crippen LogP) is 3.15. The summed E-state index contributed by atoms with van der Waals surface area (Å²) in [5.41, 5.74) is 2.70. The Morgan fingerprint density at radius 3 is 2.50 bits per heavy atom. The molecule has 0 radical (unpaired) electrons. The Morgan fingerprint density at radius 2 is 1.85 bits per heavy atom. The number of quaternary nitrogens is 1. The van der Waals surface area contributed by atoms with Gasteiger partial charge in [-0.3, -0.25) is 0 Å². The molecule has 0 aliphatic carbocycles. The van der Waals surface area contributed by atoms with E-state index in [4.69, 9.17) is 4.74 Å². The van der Waals surface area contributed by atoms with Crippen LogP contribution in [0.5, 0.6) is 5.75 Å². The van der Waals surface area contributed by atoms with Crippen LogP contribution in [0.1, 0.15) is 18.1 Å². The Hall–Kier alpha value is -1.32. The van der Waals surface area contributed by atoms with E-state index in [9.17, 15) is 0 Å². The number of ether oxygens (including phenoxy) is 1. The average Bonchev–Trinajstić information content (AvgIpc) is 2.46. The van der Waals surface area contributed by atoms with Gasteiger partial charge in [0.25, 0.3) is 0 Å². The van der Waals surface area contributed by atoms with Crippen LogP contribution in [0.3, 0.4) is 0 Å². The second-order valence-electron chi connectivity index (χ2n) is 5.10. The Balaban J connectivity index is 1.84. The van der Waals surface area contributed by atoms with Crippen LogP contribution in [0.4, 0.5) is 0 Å². The van der Waals surface area contributed by atoms with E-state index in [-0.39, 0.29) is 0 Å². The lowest BCUT2D eigenvalue weighted by molar-refractivity contribution is -0.701. The Labute approximate surface area is 129 Å².